The molecule has 0 unspecified atom stereocenters. The van der Waals surface area contributed by atoms with Crippen molar-refractivity contribution < 1.29 is 9.53 Å². The van der Waals surface area contributed by atoms with Crippen LogP contribution in [0, 0.1) is 0 Å². The number of amides is 1. The number of rotatable bonds is 2. The first-order valence-electron chi connectivity index (χ1n) is 4.12. The van der Waals surface area contributed by atoms with Gasteiger partial charge in [0.05, 0.1) is 12.2 Å². The van der Waals surface area contributed by atoms with Gasteiger partial charge in [-0.1, -0.05) is 18.2 Å². The molecule has 0 saturated carbocycles. The highest BCUT2D eigenvalue weighted by Gasteiger charge is 2.21. The summed E-state index contributed by atoms with van der Waals surface area (Å²) in [6, 6.07) is 9.53. The first kappa shape index (κ1) is 10.8. The lowest BCUT2D eigenvalue weighted by Gasteiger charge is -2.14. The highest BCUT2D eigenvalue weighted by Crippen LogP contribution is 2.09. The van der Waals surface area contributed by atoms with Crippen LogP contribution in [0.5, 0.6) is 0 Å². The molecular weight excluding hydrogens is 248 g/mol. The van der Waals surface area contributed by atoms with Gasteiger partial charge >= 0.3 is 6.09 Å². The van der Waals surface area contributed by atoms with E-state index >= 15 is 0 Å². The number of benzene rings is 1. The third-order valence-electron chi connectivity index (χ3n) is 1.80. The molecule has 1 aliphatic rings. The molecule has 0 bridgehead atoms. The van der Waals surface area contributed by atoms with Crippen LogP contribution in [0.1, 0.15) is 0 Å². The minimum Gasteiger partial charge on any atom is -0.446 e. The fourth-order valence-electron chi connectivity index (χ4n) is 1.16. The van der Waals surface area contributed by atoms with E-state index in [1.807, 2.05) is 30.3 Å². The number of para-hydroxylation sites is 1. The van der Waals surface area contributed by atoms with E-state index in [4.69, 9.17) is 4.74 Å². The van der Waals surface area contributed by atoms with Crippen LogP contribution in [-0.2, 0) is 4.74 Å². The number of carbonyl (C=O) groups is 1. The molecule has 1 aromatic rings. The van der Waals surface area contributed by atoms with E-state index in [2.05, 4.69) is 5.43 Å². The first-order valence-corrected chi connectivity index (χ1v) is 4.12. The fraction of sp³-hybridized carbons (Fsp3) is 0.222. The Labute approximate surface area is 92.6 Å². The van der Waals surface area contributed by atoms with Gasteiger partial charge in [-0.05, 0) is 12.1 Å². The first-order chi connectivity index (χ1) is 6.36. The van der Waals surface area contributed by atoms with Crippen molar-refractivity contribution in [2.75, 3.05) is 18.6 Å². The second kappa shape index (κ2) is 4.85. The molecule has 1 amide bonds. The maximum Gasteiger partial charge on any atom is 0.428 e. The molecular formula is C9H11BrN2O2. The number of nitrogens with zero attached hydrogens (tertiary/aromatic N) is 1. The number of nitrogens with one attached hydrogen (secondary N) is 1. The van der Waals surface area contributed by atoms with Gasteiger partial charge in [0.25, 0.3) is 0 Å². The molecule has 1 heterocycles. The second-order valence-electron chi connectivity index (χ2n) is 2.74. The van der Waals surface area contributed by atoms with Crippen molar-refractivity contribution in [1.82, 2.24) is 5.01 Å². The van der Waals surface area contributed by atoms with E-state index < -0.39 is 0 Å². The number of halogens is 1. The van der Waals surface area contributed by atoms with Crippen molar-refractivity contribution in [2.45, 2.75) is 0 Å². The number of hydrazine groups is 1. The van der Waals surface area contributed by atoms with Gasteiger partial charge in [0.15, 0.2) is 0 Å². The molecule has 76 valence electrons. The second-order valence-corrected chi connectivity index (χ2v) is 2.74. The molecule has 14 heavy (non-hydrogen) atoms. The van der Waals surface area contributed by atoms with Gasteiger partial charge in [-0.3, -0.25) is 5.43 Å². The molecule has 5 heteroatoms. The third-order valence-corrected chi connectivity index (χ3v) is 1.80. The van der Waals surface area contributed by atoms with Crippen LogP contribution < -0.4 is 5.43 Å². The van der Waals surface area contributed by atoms with Crippen LogP contribution in [0.15, 0.2) is 30.3 Å². The van der Waals surface area contributed by atoms with Crippen LogP contribution in [0.4, 0.5) is 10.5 Å². The number of cyclic esters (lactones) is 1. The lowest BCUT2D eigenvalue weighted by molar-refractivity contribution is 0.163. The Kier molecular flexibility index (Phi) is 3.76. The third kappa shape index (κ3) is 2.38. The molecule has 0 spiro atoms. The molecule has 0 aliphatic carbocycles. The molecule has 1 fully saturated rings. The predicted molar refractivity (Wildman–Crippen MR) is 58.4 cm³/mol. The normalized spacial score (nSPS) is 14.6. The summed E-state index contributed by atoms with van der Waals surface area (Å²) < 4.78 is 4.76. The van der Waals surface area contributed by atoms with Crippen LogP contribution in [0.3, 0.4) is 0 Å². The number of anilines is 1. The summed E-state index contributed by atoms with van der Waals surface area (Å²) >= 11 is 0. The standard InChI is InChI=1S/C9H10N2O2.BrH/c12-9-11(6-7-13-9)10-8-4-2-1-3-5-8;/h1-5,10H,6-7H2;1H. The largest absolute Gasteiger partial charge is 0.446 e. The van der Waals surface area contributed by atoms with E-state index in [0.717, 1.165) is 5.69 Å². The molecule has 1 aromatic carbocycles. The maximum absolute atomic E-state index is 11.0. The summed E-state index contributed by atoms with van der Waals surface area (Å²) in [5.74, 6) is 0. The molecule has 0 atom stereocenters. The Morgan fingerprint density at radius 2 is 2.00 bits per heavy atom. The topological polar surface area (TPSA) is 41.6 Å². The van der Waals surface area contributed by atoms with Crippen LogP contribution in [0.2, 0.25) is 0 Å². The summed E-state index contributed by atoms with van der Waals surface area (Å²) in [4.78, 5) is 11.0. The van der Waals surface area contributed by atoms with Gasteiger partial charge in [0.1, 0.15) is 6.61 Å². The lowest BCUT2D eigenvalue weighted by Crippen LogP contribution is -2.30. The van der Waals surface area contributed by atoms with E-state index in [1.165, 1.54) is 5.01 Å². The maximum atomic E-state index is 11.0. The smallest absolute Gasteiger partial charge is 0.428 e. The summed E-state index contributed by atoms with van der Waals surface area (Å²) in [6.07, 6.45) is -0.316. The Balaban J connectivity index is 0.000000980. The van der Waals surface area contributed by atoms with Gasteiger partial charge in [0, 0.05) is 0 Å². The monoisotopic (exact) mass is 258 g/mol. The summed E-state index contributed by atoms with van der Waals surface area (Å²) in [5, 5.41) is 1.45. The van der Waals surface area contributed by atoms with E-state index in [9.17, 15) is 4.79 Å². The van der Waals surface area contributed by atoms with Gasteiger partial charge in [-0.15, -0.1) is 17.0 Å². The highest BCUT2D eigenvalue weighted by atomic mass is 79.9. The average Bonchev–Trinajstić information content (AvgIpc) is 2.54. The zero-order chi connectivity index (χ0) is 9.10. The predicted octanol–water partition coefficient (Wildman–Crippen LogP) is 2.04. The molecule has 0 aromatic heterocycles. The molecule has 4 nitrogen and oxygen atoms in total. The van der Waals surface area contributed by atoms with Gasteiger partial charge < -0.3 is 4.74 Å². The van der Waals surface area contributed by atoms with Crippen molar-refractivity contribution in [3.63, 3.8) is 0 Å². The van der Waals surface area contributed by atoms with Crippen LogP contribution in [0.25, 0.3) is 0 Å². The number of ether oxygens (including phenoxy) is 1. The minimum absolute atomic E-state index is 0. The van der Waals surface area contributed by atoms with Gasteiger partial charge in [-0.2, -0.15) is 0 Å². The molecule has 0 radical (unpaired) electrons. The molecule has 1 saturated heterocycles. The Hall–Kier alpha value is -1.23. The average molecular weight is 259 g/mol. The highest BCUT2D eigenvalue weighted by molar-refractivity contribution is 8.93. The summed E-state index contributed by atoms with van der Waals surface area (Å²) in [6.45, 7) is 1.05. The van der Waals surface area contributed by atoms with Gasteiger partial charge in [-0.25, -0.2) is 9.80 Å². The number of hydrogen-bond acceptors (Lipinski definition) is 3. The van der Waals surface area contributed by atoms with Gasteiger partial charge in [0.2, 0.25) is 0 Å². The quantitative estimate of drug-likeness (QED) is 0.883. The Morgan fingerprint density at radius 1 is 1.29 bits per heavy atom. The SMILES string of the molecule is Br.O=C1OCCN1Nc1ccccc1. The van der Waals surface area contributed by atoms with Crippen LogP contribution in [-0.4, -0.2) is 24.3 Å². The lowest BCUT2D eigenvalue weighted by atomic mass is 10.3. The van der Waals surface area contributed by atoms with E-state index in [0.29, 0.717) is 13.2 Å². The van der Waals surface area contributed by atoms with Crippen LogP contribution >= 0.6 is 17.0 Å². The summed E-state index contributed by atoms with van der Waals surface area (Å²) in [5.41, 5.74) is 3.84. The summed E-state index contributed by atoms with van der Waals surface area (Å²) in [7, 11) is 0. The van der Waals surface area contributed by atoms with E-state index in [-0.39, 0.29) is 23.1 Å². The van der Waals surface area contributed by atoms with Crippen molar-refractivity contribution in [2.24, 2.45) is 0 Å². The zero-order valence-electron chi connectivity index (χ0n) is 7.47. The Morgan fingerprint density at radius 3 is 2.57 bits per heavy atom. The van der Waals surface area contributed by atoms with E-state index in [1.54, 1.807) is 0 Å². The molecule has 1 N–H and O–H groups in total. The van der Waals surface area contributed by atoms with Crippen molar-refractivity contribution in [3.8, 4) is 0 Å². The number of carbonyl (C=O) groups excluding carboxylic acids is 1. The Bertz CT molecular complexity index is 305. The minimum atomic E-state index is -0.316. The zero-order valence-corrected chi connectivity index (χ0v) is 9.19. The van der Waals surface area contributed by atoms with Crippen molar-refractivity contribution in [3.05, 3.63) is 30.3 Å². The number of hydrogen-bond donors (Lipinski definition) is 1. The fourth-order valence-corrected chi connectivity index (χ4v) is 1.16. The molecule has 2 rings (SSSR count). The van der Waals surface area contributed by atoms with Crippen molar-refractivity contribution in [1.29, 1.82) is 0 Å². The molecule has 1 aliphatic heterocycles. The van der Waals surface area contributed by atoms with Crippen molar-refractivity contribution >= 4 is 28.8 Å².